The quantitative estimate of drug-likeness (QED) is 0.704. The largest absolute Gasteiger partial charge is 0.477 e. The second-order valence-electron chi connectivity index (χ2n) is 3.38. The van der Waals surface area contributed by atoms with Crippen LogP contribution in [-0.2, 0) is 16.9 Å². The zero-order valence-corrected chi connectivity index (χ0v) is 8.84. The van der Waals surface area contributed by atoms with Crippen LogP contribution in [0.2, 0.25) is 0 Å². The minimum absolute atomic E-state index is 0.00305. The minimum Gasteiger partial charge on any atom is -0.477 e. The van der Waals surface area contributed by atoms with Crippen molar-refractivity contribution < 1.29 is 18.3 Å². The van der Waals surface area contributed by atoms with Crippen molar-refractivity contribution in [2.75, 3.05) is 17.6 Å². The van der Waals surface area contributed by atoms with E-state index in [-0.39, 0.29) is 28.6 Å². The first-order chi connectivity index (χ1) is 6.93. The van der Waals surface area contributed by atoms with E-state index in [0.717, 1.165) is 0 Å². The summed E-state index contributed by atoms with van der Waals surface area (Å²) in [4.78, 5) is 11.0. The van der Waals surface area contributed by atoms with Crippen molar-refractivity contribution in [1.82, 2.24) is 4.57 Å². The fraction of sp³-hybridized carbons (Fsp3) is 0.375. The number of aryl methyl sites for hydroxylation is 1. The molecule has 0 atom stereocenters. The molecule has 0 bridgehead atoms. The van der Waals surface area contributed by atoms with Crippen molar-refractivity contribution in [2.45, 2.75) is 4.90 Å². The second-order valence-corrected chi connectivity index (χ2v) is 5.46. The number of rotatable bonds is 1. The highest BCUT2D eigenvalue weighted by atomic mass is 32.2. The van der Waals surface area contributed by atoms with Gasteiger partial charge in [-0.15, -0.1) is 0 Å². The van der Waals surface area contributed by atoms with E-state index in [4.69, 9.17) is 5.11 Å². The molecule has 1 aliphatic rings. The van der Waals surface area contributed by atoms with Crippen LogP contribution in [0, 0.1) is 0 Å². The molecule has 6 nitrogen and oxygen atoms in total. The maximum atomic E-state index is 11.6. The first kappa shape index (κ1) is 10.0. The van der Waals surface area contributed by atoms with Crippen LogP contribution in [0.5, 0.6) is 0 Å². The molecule has 15 heavy (non-hydrogen) atoms. The van der Waals surface area contributed by atoms with Crippen LogP contribution >= 0.6 is 0 Å². The number of carboxylic acid groups (broad SMARTS) is 1. The molecule has 0 amide bonds. The van der Waals surface area contributed by atoms with E-state index in [1.54, 1.807) is 0 Å². The number of nitrogens with one attached hydrogen (secondary N) is 1. The predicted octanol–water partition coefficient (Wildman–Crippen LogP) is -0.0775. The van der Waals surface area contributed by atoms with Crippen molar-refractivity contribution in [1.29, 1.82) is 0 Å². The molecule has 0 radical (unpaired) electrons. The number of sulfone groups is 1. The summed E-state index contributed by atoms with van der Waals surface area (Å²) < 4.78 is 24.5. The van der Waals surface area contributed by atoms with Gasteiger partial charge in [-0.1, -0.05) is 0 Å². The van der Waals surface area contributed by atoms with Gasteiger partial charge >= 0.3 is 5.97 Å². The van der Waals surface area contributed by atoms with E-state index < -0.39 is 15.8 Å². The Kier molecular flexibility index (Phi) is 2.00. The third-order valence-electron chi connectivity index (χ3n) is 2.36. The average Bonchev–Trinajstić information content (AvgIpc) is 2.42. The monoisotopic (exact) mass is 230 g/mol. The van der Waals surface area contributed by atoms with Crippen molar-refractivity contribution in [3.63, 3.8) is 0 Å². The Hall–Kier alpha value is -1.50. The van der Waals surface area contributed by atoms with E-state index in [9.17, 15) is 13.2 Å². The summed E-state index contributed by atoms with van der Waals surface area (Å²) in [6.07, 6.45) is 1.33. The second kappa shape index (κ2) is 2.99. The molecule has 1 aromatic rings. The molecule has 2 N–H and O–H groups in total. The SMILES string of the molecule is Cn1cc2c(c1C(=O)O)NCCS2(=O)=O. The standard InChI is InChI=1S/C8H10N2O4S/c1-10-4-5-6(7(10)8(11)12)9-2-3-15(5,13)14/h4,9H,2-3H2,1H3,(H,11,12). The van der Waals surface area contributed by atoms with Crippen molar-refractivity contribution in [3.8, 4) is 0 Å². The maximum absolute atomic E-state index is 11.6. The maximum Gasteiger partial charge on any atom is 0.354 e. The lowest BCUT2D eigenvalue weighted by atomic mass is 10.3. The summed E-state index contributed by atoms with van der Waals surface area (Å²) >= 11 is 0. The summed E-state index contributed by atoms with van der Waals surface area (Å²) in [5.41, 5.74) is 0.185. The van der Waals surface area contributed by atoms with Crippen LogP contribution in [0.1, 0.15) is 10.5 Å². The lowest BCUT2D eigenvalue weighted by molar-refractivity contribution is 0.0687. The van der Waals surface area contributed by atoms with E-state index in [1.807, 2.05) is 0 Å². The molecule has 1 aromatic heterocycles. The van der Waals surface area contributed by atoms with E-state index in [2.05, 4.69) is 5.32 Å². The van der Waals surface area contributed by atoms with Crippen molar-refractivity contribution >= 4 is 21.5 Å². The van der Waals surface area contributed by atoms with E-state index in [1.165, 1.54) is 17.8 Å². The van der Waals surface area contributed by atoms with Gasteiger partial charge < -0.3 is 15.0 Å². The fourth-order valence-corrected chi connectivity index (χ4v) is 3.07. The molecule has 0 aromatic carbocycles. The molecule has 0 aliphatic carbocycles. The molecule has 2 rings (SSSR count). The molecule has 0 fully saturated rings. The van der Waals surface area contributed by atoms with E-state index in [0.29, 0.717) is 0 Å². The van der Waals surface area contributed by atoms with Crippen LogP contribution in [0.15, 0.2) is 11.1 Å². The number of hydrogen-bond donors (Lipinski definition) is 2. The Morgan fingerprint density at radius 2 is 2.27 bits per heavy atom. The molecule has 0 saturated heterocycles. The molecule has 0 unspecified atom stereocenters. The van der Waals surface area contributed by atoms with Crippen LogP contribution in [0.4, 0.5) is 5.69 Å². The number of aromatic carboxylic acids is 1. The van der Waals surface area contributed by atoms with Crippen LogP contribution in [0.25, 0.3) is 0 Å². The summed E-state index contributed by atoms with van der Waals surface area (Å²) in [5.74, 6) is -1.13. The first-order valence-corrected chi connectivity index (χ1v) is 5.98. The van der Waals surface area contributed by atoms with Gasteiger partial charge in [0.05, 0.1) is 11.4 Å². The molecule has 2 heterocycles. The normalized spacial score (nSPS) is 17.9. The van der Waals surface area contributed by atoms with Crippen LogP contribution in [-0.4, -0.2) is 36.4 Å². The Morgan fingerprint density at radius 3 is 2.87 bits per heavy atom. The third-order valence-corrected chi connectivity index (χ3v) is 4.08. The smallest absolute Gasteiger partial charge is 0.354 e. The predicted molar refractivity (Wildman–Crippen MR) is 52.9 cm³/mol. The lowest BCUT2D eigenvalue weighted by Crippen LogP contribution is -2.23. The highest BCUT2D eigenvalue weighted by Crippen LogP contribution is 2.30. The number of carbonyl (C=O) groups is 1. The summed E-state index contributed by atoms with van der Waals surface area (Å²) in [7, 11) is -1.81. The van der Waals surface area contributed by atoms with Crippen LogP contribution < -0.4 is 5.32 Å². The topological polar surface area (TPSA) is 88.4 Å². The molecule has 1 aliphatic heterocycles. The van der Waals surface area contributed by atoms with Gasteiger partial charge in [-0.25, -0.2) is 13.2 Å². The Morgan fingerprint density at radius 1 is 1.60 bits per heavy atom. The van der Waals surface area contributed by atoms with Gasteiger partial charge in [0.2, 0.25) is 0 Å². The summed E-state index contributed by atoms with van der Waals surface area (Å²) in [6.45, 7) is 0.250. The van der Waals surface area contributed by atoms with Gasteiger partial charge in [0.1, 0.15) is 4.90 Å². The Bertz CT molecular complexity index is 529. The Labute approximate surface area is 86.4 Å². The number of hydrogen-bond acceptors (Lipinski definition) is 4. The Balaban J connectivity index is 2.74. The minimum atomic E-state index is -3.32. The van der Waals surface area contributed by atoms with Gasteiger partial charge in [0, 0.05) is 19.8 Å². The van der Waals surface area contributed by atoms with Crippen molar-refractivity contribution in [2.24, 2.45) is 7.05 Å². The molecule has 0 spiro atoms. The summed E-state index contributed by atoms with van der Waals surface area (Å²) in [6, 6.07) is 0. The molecule has 82 valence electrons. The van der Waals surface area contributed by atoms with Gasteiger partial charge in [0.15, 0.2) is 15.5 Å². The van der Waals surface area contributed by atoms with Crippen LogP contribution in [0.3, 0.4) is 0 Å². The zero-order valence-electron chi connectivity index (χ0n) is 8.02. The van der Waals surface area contributed by atoms with Crippen molar-refractivity contribution in [3.05, 3.63) is 11.9 Å². The van der Waals surface area contributed by atoms with Gasteiger partial charge in [-0.2, -0.15) is 0 Å². The first-order valence-electron chi connectivity index (χ1n) is 4.33. The fourth-order valence-electron chi connectivity index (χ4n) is 1.68. The molecule has 0 saturated carbocycles. The van der Waals surface area contributed by atoms with Gasteiger partial charge in [-0.05, 0) is 0 Å². The van der Waals surface area contributed by atoms with Gasteiger partial charge in [0.25, 0.3) is 0 Å². The zero-order chi connectivity index (χ0) is 11.2. The number of aromatic nitrogens is 1. The number of anilines is 1. The third kappa shape index (κ3) is 1.39. The molecular formula is C8H10N2O4S. The lowest BCUT2D eigenvalue weighted by Gasteiger charge is -2.14. The number of carboxylic acids is 1. The number of fused-ring (bicyclic) bond motifs is 1. The average molecular weight is 230 g/mol. The highest BCUT2D eigenvalue weighted by Gasteiger charge is 2.30. The number of nitrogens with zero attached hydrogens (tertiary/aromatic N) is 1. The van der Waals surface area contributed by atoms with E-state index >= 15 is 0 Å². The molecule has 7 heteroatoms. The highest BCUT2D eigenvalue weighted by molar-refractivity contribution is 7.91. The molecular weight excluding hydrogens is 220 g/mol. The summed E-state index contributed by atoms with van der Waals surface area (Å²) in [5, 5.41) is 11.7. The van der Waals surface area contributed by atoms with Gasteiger partial charge in [-0.3, -0.25) is 0 Å².